The lowest BCUT2D eigenvalue weighted by atomic mass is 9.81. The normalized spacial score (nSPS) is 17.7. The van der Waals surface area contributed by atoms with Crippen LogP contribution in [0.5, 0.6) is 0 Å². The topological polar surface area (TPSA) is 71.1 Å². The first-order chi connectivity index (χ1) is 13.0. The van der Waals surface area contributed by atoms with E-state index in [0.29, 0.717) is 39.3 Å². The molecule has 27 heavy (non-hydrogen) atoms. The summed E-state index contributed by atoms with van der Waals surface area (Å²) in [5.74, 6) is 4.83. The van der Waals surface area contributed by atoms with Gasteiger partial charge in [-0.15, -0.1) is 0 Å². The lowest BCUT2D eigenvalue weighted by Gasteiger charge is -2.29. The largest absolute Gasteiger partial charge is 0.469 e. The van der Waals surface area contributed by atoms with E-state index in [-0.39, 0.29) is 17.9 Å². The van der Waals surface area contributed by atoms with Gasteiger partial charge in [-0.05, 0) is 55.8 Å². The Morgan fingerprint density at radius 2 is 1.48 bits per heavy atom. The van der Waals surface area contributed by atoms with Gasteiger partial charge in [0.1, 0.15) is 5.41 Å². The van der Waals surface area contributed by atoms with Gasteiger partial charge in [0, 0.05) is 37.2 Å². The highest BCUT2D eigenvalue weighted by Gasteiger charge is 2.39. The van der Waals surface area contributed by atoms with Crippen LogP contribution >= 0.6 is 23.2 Å². The maximum atomic E-state index is 11.4. The van der Waals surface area contributed by atoms with E-state index < -0.39 is 5.41 Å². The summed E-state index contributed by atoms with van der Waals surface area (Å²) in [6, 6.07) is 0. The molecule has 0 bridgehead atoms. The van der Waals surface area contributed by atoms with Crippen molar-refractivity contribution in [2.45, 2.75) is 32.6 Å². The molecule has 2 heterocycles. The summed E-state index contributed by atoms with van der Waals surface area (Å²) >= 11 is 10.1. The monoisotopic (exact) mass is 420 g/mol. The molecule has 6 nitrogen and oxygen atoms in total. The Balaban J connectivity index is 0.000000428. The smallest absolute Gasteiger partial charge is 0.324 e. The minimum atomic E-state index is -0.741. The summed E-state index contributed by atoms with van der Waals surface area (Å²) in [6.45, 7) is 4.13. The molecule has 2 saturated heterocycles. The van der Waals surface area contributed by atoms with Crippen LogP contribution in [0, 0.1) is 33.9 Å². The van der Waals surface area contributed by atoms with Crippen molar-refractivity contribution in [1.82, 2.24) is 0 Å². The van der Waals surface area contributed by atoms with Crippen LogP contribution in [0.2, 0.25) is 0 Å². The van der Waals surface area contributed by atoms with Crippen LogP contribution in [0.1, 0.15) is 32.6 Å². The molecule has 2 rings (SSSR count). The molecule has 0 aromatic heterocycles. The van der Waals surface area contributed by atoms with Gasteiger partial charge in [0.05, 0.1) is 20.1 Å². The Hall–Kier alpha value is -1.44. The van der Waals surface area contributed by atoms with E-state index in [0.717, 1.165) is 12.8 Å². The summed E-state index contributed by atoms with van der Waals surface area (Å²) in [5, 5.41) is 4.41. The van der Waals surface area contributed by atoms with Crippen molar-refractivity contribution < 1.29 is 28.5 Å². The Morgan fingerprint density at radius 3 is 1.89 bits per heavy atom. The predicted octanol–water partition coefficient (Wildman–Crippen LogP) is 2.95. The third kappa shape index (κ3) is 9.89. The second-order valence-corrected chi connectivity index (χ2v) is 6.04. The molecule has 8 heteroatoms. The van der Waals surface area contributed by atoms with Crippen LogP contribution in [0.15, 0.2) is 0 Å². The van der Waals surface area contributed by atoms with E-state index in [9.17, 15) is 9.59 Å². The zero-order chi connectivity index (χ0) is 20.5. The fraction of sp³-hybridized carbons (Fsp3) is 0.684. The quantitative estimate of drug-likeness (QED) is 0.505. The number of ether oxygens (including phenoxy) is 4. The van der Waals surface area contributed by atoms with Gasteiger partial charge in [0.15, 0.2) is 0 Å². The molecule has 0 saturated carbocycles. The fourth-order valence-electron chi connectivity index (χ4n) is 2.49. The van der Waals surface area contributed by atoms with Crippen molar-refractivity contribution in [3.05, 3.63) is 0 Å². The van der Waals surface area contributed by atoms with E-state index in [2.05, 4.69) is 32.1 Å². The summed E-state index contributed by atoms with van der Waals surface area (Å²) < 4.78 is 19.5. The lowest BCUT2D eigenvalue weighted by molar-refractivity contribution is -0.153. The summed E-state index contributed by atoms with van der Waals surface area (Å²) in [6.07, 6.45) is 2.73. The highest BCUT2D eigenvalue weighted by Crippen LogP contribution is 2.31. The van der Waals surface area contributed by atoms with Crippen molar-refractivity contribution in [2.75, 3.05) is 40.6 Å². The van der Waals surface area contributed by atoms with E-state index in [1.165, 1.54) is 14.2 Å². The van der Waals surface area contributed by atoms with Crippen LogP contribution in [0.4, 0.5) is 0 Å². The standard InChI is InChI=1S/C9H11ClO3.C7H12O3.C3H3Cl/c1-12-8(11)9(2-5-10)3-6-13-7-4-9;1-9-7(8)6-2-4-10-5-3-6;1-2-3-4/h3-4,6-7H2,1H3;6H,2-5H2,1H3;1H3. The Kier molecular flexibility index (Phi) is 14.8. The molecule has 0 aromatic rings. The average Bonchev–Trinajstić information content (AvgIpc) is 2.74. The maximum absolute atomic E-state index is 11.4. The summed E-state index contributed by atoms with van der Waals surface area (Å²) in [5.41, 5.74) is -0.741. The van der Waals surface area contributed by atoms with E-state index >= 15 is 0 Å². The second kappa shape index (κ2) is 15.6. The zero-order valence-electron chi connectivity index (χ0n) is 15.9. The molecular weight excluding hydrogens is 395 g/mol. The molecule has 152 valence electrons. The summed E-state index contributed by atoms with van der Waals surface area (Å²) in [7, 11) is 2.78. The number of hydrogen-bond donors (Lipinski definition) is 0. The Labute approximate surface area is 171 Å². The predicted molar refractivity (Wildman–Crippen MR) is 103 cm³/mol. The molecule has 2 aliphatic heterocycles. The number of esters is 2. The van der Waals surface area contributed by atoms with Gasteiger partial charge >= 0.3 is 11.9 Å². The molecule has 0 atom stereocenters. The second-order valence-electron chi connectivity index (χ2n) is 5.66. The van der Waals surface area contributed by atoms with Crippen molar-refractivity contribution in [2.24, 2.45) is 11.3 Å². The summed E-state index contributed by atoms with van der Waals surface area (Å²) in [4.78, 5) is 22.3. The van der Waals surface area contributed by atoms with Gasteiger partial charge in [-0.3, -0.25) is 9.59 Å². The van der Waals surface area contributed by atoms with E-state index in [4.69, 9.17) is 32.7 Å². The van der Waals surface area contributed by atoms with Gasteiger partial charge in [-0.25, -0.2) is 0 Å². The van der Waals surface area contributed by atoms with E-state index in [1.54, 1.807) is 6.92 Å². The number of methoxy groups -OCH3 is 2. The minimum Gasteiger partial charge on any atom is -0.469 e. The zero-order valence-corrected chi connectivity index (χ0v) is 17.5. The molecule has 0 aromatic carbocycles. The highest BCUT2D eigenvalue weighted by molar-refractivity contribution is 6.30. The van der Waals surface area contributed by atoms with Crippen LogP contribution < -0.4 is 0 Å². The molecule has 0 amide bonds. The first kappa shape index (κ1) is 25.6. The number of hydrogen-bond acceptors (Lipinski definition) is 6. The molecule has 0 radical (unpaired) electrons. The van der Waals surface area contributed by atoms with Crippen LogP contribution in [-0.4, -0.2) is 52.6 Å². The number of rotatable bonds is 2. The Bertz CT molecular complexity index is 552. The molecule has 0 N–H and O–H groups in total. The van der Waals surface area contributed by atoms with Crippen molar-refractivity contribution in [3.8, 4) is 22.6 Å². The first-order valence-electron chi connectivity index (χ1n) is 8.48. The van der Waals surface area contributed by atoms with E-state index in [1.807, 2.05) is 0 Å². The van der Waals surface area contributed by atoms with Crippen LogP contribution in [-0.2, 0) is 28.5 Å². The molecule has 2 aliphatic rings. The van der Waals surface area contributed by atoms with Gasteiger partial charge < -0.3 is 18.9 Å². The van der Waals surface area contributed by atoms with Crippen LogP contribution in [0.3, 0.4) is 0 Å². The molecule has 0 unspecified atom stereocenters. The van der Waals surface area contributed by atoms with Crippen molar-refractivity contribution in [3.63, 3.8) is 0 Å². The molecule has 0 spiro atoms. The maximum Gasteiger partial charge on any atom is 0.324 e. The van der Waals surface area contributed by atoms with Gasteiger partial charge in [-0.1, -0.05) is 11.8 Å². The van der Waals surface area contributed by atoms with Gasteiger partial charge in [0.2, 0.25) is 0 Å². The number of carbonyl (C=O) groups is 2. The SMILES string of the molecule is CC#CCl.COC(=O)C1(C#CCl)CCOCC1.COC(=O)C1CCOCC1. The Morgan fingerprint density at radius 1 is 0.963 bits per heavy atom. The van der Waals surface area contributed by atoms with Gasteiger partial charge in [-0.2, -0.15) is 0 Å². The highest BCUT2D eigenvalue weighted by atomic mass is 35.5. The molecule has 2 fully saturated rings. The van der Waals surface area contributed by atoms with Crippen molar-refractivity contribution in [1.29, 1.82) is 0 Å². The third-order valence-corrected chi connectivity index (χ3v) is 4.34. The minimum absolute atomic E-state index is 0.0822. The number of carbonyl (C=O) groups excluding carboxylic acids is 2. The molecular formula is C19H26Cl2O6. The number of halogens is 2. The van der Waals surface area contributed by atoms with Crippen LogP contribution in [0.25, 0.3) is 0 Å². The molecule has 0 aliphatic carbocycles. The van der Waals surface area contributed by atoms with Crippen molar-refractivity contribution >= 4 is 35.1 Å². The fourth-order valence-corrected chi connectivity index (χ4v) is 2.67. The average molecular weight is 421 g/mol. The lowest BCUT2D eigenvalue weighted by Crippen LogP contribution is -2.36. The third-order valence-electron chi connectivity index (χ3n) is 4.06. The van der Waals surface area contributed by atoms with Gasteiger partial charge in [0.25, 0.3) is 0 Å². The first-order valence-corrected chi connectivity index (χ1v) is 9.23.